The van der Waals surface area contributed by atoms with Crippen molar-refractivity contribution in [2.45, 2.75) is 130 Å². The average Bonchev–Trinajstić information content (AvgIpc) is 2.74. The monoisotopic (exact) mass is 551 g/mol. The van der Waals surface area contributed by atoms with Crippen LogP contribution in [0.1, 0.15) is 130 Å². The summed E-state index contributed by atoms with van der Waals surface area (Å²) in [6.45, 7) is 3.99. The number of hydrogen-bond donors (Lipinski definition) is 0. The van der Waals surface area contributed by atoms with Gasteiger partial charge in [0, 0.05) is 0 Å². The molecule has 0 aliphatic rings. The van der Waals surface area contributed by atoms with Gasteiger partial charge in [-0.15, -0.1) is 0 Å². The summed E-state index contributed by atoms with van der Waals surface area (Å²) in [4.78, 5) is 0. The molecule has 5 nitrogen and oxygen atoms in total. The predicted molar refractivity (Wildman–Crippen MR) is 145 cm³/mol. The molecule has 0 aromatic carbocycles. The van der Waals surface area contributed by atoms with Gasteiger partial charge in [-0.25, -0.2) is 0 Å². The molecule has 0 amide bonds. The number of halogens is 2. The average molecular weight is 552 g/mol. The predicted octanol–water partition coefficient (Wildman–Crippen LogP) is 8.51. The molecule has 0 aromatic rings. The fourth-order valence-corrected chi connectivity index (χ4v) is 19.0. The van der Waals surface area contributed by atoms with Crippen molar-refractivity contribution in [2.24, 2.45) is 0 Å². The fourth-order valence-electron chi connectivity index (χ4n) is 5.35. The molecule has 0 fully saturated rings. The van der Waals surface area contributed by atoms with E-state index >= 15 is 0 Å². The summed E-state index contributed by atoms with van der Waals surface area (Å²) in [6.07, 6.45) is 15.7. The molecule has 0 radical (unpaired) electrons. The van der Waals surface area contributed by atoms with Crippen molar-refractivity contribution in [3.63, 3.8) is 0 Å². The maximum absolute atomic E-state index is 14.7. The van der Waals surface area contributed by atoms with Gasteiger partial charge in [0.1, 0.15) is 0 Å². The zero-order valence-corrected chi connectivity index (χ0v) is 24.8. The second-order valence-electron chi connectivity index (χ2n) is 10.1. The van der Waals surface area contributed by atoms with E-state index in [-0.39, 0.29) is 28.1 Å². The van der Waals surface area contributed by atoms with Crippen LogP contribution in [0.3, 0.4) is 0 Å². The van der Waals surface area contributed by atoms with Crippen LogP contribution in [-0.4, -0.2) is 45.0 Å². The van der Waals surface area contributed by atoms with Crippen molar-refractivity contribution in [1.82, 2.24) is 3.48 Å². The van der Waals surface area contributed by atoms with Crippen molar-refractivity contribution >= 4 is 27.6 Å². The van der Waals surface area contributed by atoms with Gasteiger partial charge >= 0.3 is 211 Å². The van der Waals surface area contributed by atoms with Gasteiger partial charge in [0.2, 0.25) is 0 Å². The Bertz CT molecular complexity index is 692. The van der Waals surface area contributed by atoms with Crippen molar-refractivity contribution in [2.75, 3.05) is 24.6 Å². The Balaban J connectivity index is 5.87. The van der Waals surface area contributed by atoms with Gasteiger partial charge < -0.3 is 0 Å². The van der Waals surface area contributed by atoms with Gasteiger partial charge in [-0.3, -0.25) is 0 Å². The molecule has 0 saturated heterocycles. The van der Waals surface area contributed by atoms with Crippen LogP contribution in [0.25, 0.3) is 0 Å². The van der Waals surface area contributed by atoms with E-state index in [4.69, 9.17) is 0 Å². The first kappa shape index (κ1) is 34.1. The van der Waals surface area contributed by atoms with Gasteiger partial charge in [-0.2, -0.15) is 0 Å². The molecule has 10 heteroatoms. The summed E-state index contributed by atoms with van der Waals surface area (Å²) >= 11 is 0. The second kappa shape index (κ2) is 16.8. The molecule has 0 unspecified atom stereocenters. The van der Waals surface area contributed by atoms with Gasteiger partial charge in [-0.05, 0) is 0 Å². The molecule has 208 valence electrons. The standard InChI is InChI=1S/C24H52F2NO4PS2/c1-5-9-13-14-15-16-17-18-19-20-24-32(21-10-6-2,22-11-7-3,23-12-8-4)27(33(25,28)29)34(26,30)31/h5-24H2,1-4H3. The molecule has 0 atom stereocenters. The Morgan fingerprint density at radius 3 is 1.03 bits per heavy atom. The van der Waals surface area contributed by atoms with Crippen LogP contribution in [0.2, 0.25) is 0 Å². The Hall–Kier alpha value is 0.150. The molecule has 0 aromatic heterocycles. The van der Waals surface area contributed by atoms with Crippen molar-refractivity contribution in [1.29, 1.82) is 0 Å². The second-order valence-corrected chi connectivity index (χ2v) is 19.3. The summed E-state index contributed by atoms with van der Waals surface area (Å²) in [5.41, 5.74) is 0. The third-order valence-electron chi connectivity index (χ3n) is 7.18. The molecular weight excluding hydrogens is 499 g/mol. The summed E-state index contributed by atoms with van der Waals surface area (Å²) in [5, 5.41) is 0. The van der Waals surface area contributed by atoms with E-state index in [9.17, 15) is 24.6 Å². The topological polar surface area (TPSA) is 71.5 Å². The third kappa shape index (κ3) is 11.5. The Labute approximate surface area is 210 Å². The summed E-state index contributed by atoms with van der Waals surface area (Å²) in [5.74, 6) is 0. The van der Waals surface area contributed by atoms with E-state index in [2.05, 4.69) is 6.92 Å². The number of hydrogen-bond acceptors (Lipinski definition) is 4. The van der Waals surface area contributed by atoms with Gasteiger partial charge in [-0.1, -0.05) is 0 Å². The Morgan fingerprint density at radius 1 is 0.471 bits per heavy atom. The number of rotatable bonds is 23. The van der Waals surface area contributed by atoms with Gasteiger partial charge in [0.25, 0.3) is 0 Å². The number of nitrogens with zero attached hydrogens (tertiary/aromatic N) is 1. The molecule has 0 bridgehead atoms. The van der Waals surface area contributed by atoms with E-state index in [1.165, 1.54) is 32.1 Å². The van der Waals surface area contributed by atoms with E-state index in [0.29, 0.717) is 44.9 Å². The molecule has 34 heavy (non-hydrogen) atoms. The zero-order chi connectivity index (χ0) is 26.2. The summed E-state index contributed by atoms with van der Waals surface area (Å²) in [6, 6.07) is 0. The maximum atomic E-state index is 14.7. The quantitative estimate of drug-likeness (QED) is 0.0725. The molecule has 0 rings (SSSR count). The molecule has 0 aliphatic heterocycles. The van der Waals surface area contributed by atoms with Gasteiger partial charge in [0.15, 0.2) is 0 Å². The molecule has 0 N–H and O–H groups in total. The minimum absolute atomic E-state index is 0.194. The molecule has 0 spiro atoms. The fraction of sp³-hybridized carbons (Fsp3) is 1.00. The van der Waals surface area contributed by atoms with Crippen LogP contribution in [0.5, 0.6) is 0 Å². The van der Waals surface area contributed by atoms with Crippen LogP contribution in [0, 0.1) is 0 Å². The Kier molecular flexibility index (Phi) is 16.9. The first-order valence-corrected chi connectivity index (χ1v) is 19.2. The third-order valence-corrected chi connectivity index (χ3v) is 19.7. The molecule has 0 saturated carbocycles. The number of unbranched alkanes of at least 4 members (excludes halogenated alkanes) is 12. The van der Waals surface area contributed by atoms with Crippen molar-refractivity contribution in [3.8, 4) is 0 Å². The summed E-state index contributed by atoms with van der Waals surface area (Å²) in [7, 11) is -11.5. The van der Waals surface area contributed by atoms with Crippen molar-refractivity contribution < 1.29 is 24.6 Å². The normalized spacial score (nSPS) is 14.4. The van der Waals surface area contributed by atoms with Crippen LogP contribution < -0.4 is 0 Å². The SMILES string of the molecule is CCCCCCCCCCCCP(CCCC)(CCCC)(CCCC)N(S(=O)(=O)F)S(=O)(=O)F. The van der Waals surface area contributed by atoms with E-state index in [1.54, 1.807) is 0 Å². The molecule has 0 aliphatic carbocycles. The van der Waals surface area contributed by atoms with Crippen LogP contribution in [-0.2, 0) is 20.8 Å². The zero-order valence-electron chi connectivity index (χ0n) is 22.2. The molecular formula is C24H52F2NO4PS2. The first-order valence-electron chi connectivity index (χ1n) is 13.6. The first-order chi connectivity index (χ1) is 15.9. The minimum atomic E-state index is -5.76. The van der Waals surface area contributed by atoms with Crippen LogP contribution >= 0.6 is 6.75 Å². The van der Waals surface area contributed by atoms with E-state index in [1.807, 2.05) is 20.8 Å². The molecule has 0 heterocycles. The van der Waals surface area contributed by atoms with E-state index in [0.717, 1.165) is 25.7 Å². The Morgan fingerprint density at radius 2 is 0.735 bits per heavy atom. The van der Waals surface area contributed by atoms with E-state index < -0.39 is 27.6 Å². The van der Waals surface area contributed by atoms with Crippen molar-refractivity contribution in [3.05, 3.63) is 0 Å². The van der Waals surface area contributed by atoms with Gasteiger partial charge in [0.05, 0.1) is 0 Å². The van der Waals surface area contributed by atoms with Crippen LogP contribution in [0.4, 0.5) is 7.77 Å². The van der Waals surface area contributed by atoms with Crippen LogP contribution in [0.15, 0.2) is 0 Å². The summed E-state index contributed by atoms with van der Waals surface area (Å²) < 4.78 is 78.3.